The molecule has 0 unspecified atom stereocenters. The van der Waals surface area contributed by atoms with Gasteiger partial charge in [-0.25, -0.2) is 0 Å². The minimum Gasteiger partial charge on any atom is -0.432 e. The van der Waals surface area contributed by atoms with Gasteiger partial charge in [0, 0.05) is 13.1 Å². The normalized spacial score (nSPS) is 20.6. The number of hydrogen-bond acceptors (Lipinski definition) is 3. The number of hydrogen-bond donors (Lipinski definition) is 1. The van der Waals surface area contributed by atoms with Crippen LogP contribution in [0.4, 0.5) is 0 Å². The highest BCUT2D eigenvalue weighted by molar-refractivity contribution is 6.49. The summed E-state index contributed by atoms with van der Waals surface area (Å²) in [5.74, 6) is 0.00810. The van der Waals surface area contributed by atoms with Crippen molar-refractivity contribution in [2.75, 3.05) is 26.7 Å². The summed E-state index contributed by atoms with van der Waals surface area (Å²) in [7, 11) is 1.26. The van der Waals surface area contributed by atoms with Crippen LogP contribution in [0, 0.1) is 0 Å². The van der Waals surface area contributed by atoms with Crippen molar-refractivity contribution in [3.8, 4) is 0 Å². The zero-order valence-electron chi connectivity index (χ0n) is 6.95. The highest BCUT2D eigenvalue weighted by Crippen LogP contribution is 2.01. The van der Waals surface area contributed by atoms with Crippen molar-refractivity contribution in [2.45, 2.75) is 6.82 Å². The zero-order chi connectivity index (χ0) is 8.43. The number of carbonyl (C=O) groups excluding carboxylic acids is 1. The van der Waals surface area contributed by atoms with Crippen LogP contribution in [-0.2, 0) is 4.79 Å². The first-order chi connectivity index (χ1) is 5.11. The second-order valence-electron chi connectivity index (χ2n) is 2.96. The van der Waals surface area contributed by atoms with Gasteiger partial charge in [-0.2, -0.15) is 0 Å². The van der Waals surface area contributed by atoms with Crippen molar-refractivity contribution in [3.63, 3.8) is 0 Å². The summed E-state index contributed by atoms with van der Waals surface area (Å²) in [5.41, 5.74) is 0. The lowest BCUT2D eigenvalue weighted by Crippen LogP contribution is -2.53. The van der Waals surface area contributed by atoms with Crippen LogP contribution in [0.3, 0.4) is 0 Å². The first-order valence-corrected chi connectivity index (χ1v) is 3.77. The van der Waals surface area contributed by atoms with E-state index in [0.717, 1.165) is 6.54 Å². The summed E-state index contributed by atoms with van der Waals surface area (Å²) in [4.78, 5) is 14.6. The van der Waals surface area contributed by atoms with Crippen molar-refractivity contribution in [2.24, 2.45) is 0 Å². The number of piperazine rings is 1. The molecule has 0 aromatic heterocycles. The molecule has 1 aliphatic rings. The quantitative estimate of drug-likeness (QED) is 0.488. The van der Waals surface area contributed by atoms with Gasteiger partial charge in [0.25, 0.3) is 0 Å². The third-order valence-electron chi connectivity index (χ3n) is 1.90. The zero-order valence-corrected chi connectivity index (χ0v) is 6.95. The Balaban J connectivity index is 2.51. The molecule has 1 rings (SSSR count). The number of amides is 1. The molecule has 0 aromatic rings. The van der Waals surface area contributed by atoms with Crippen LogP contribution in [0.1, 0.15) is 0 Å². The molecule has 0 atom stereocenters. The van der Waals surface area contributed by atoms with Crippen molar-refractivity contribution < 1.29 is 9.82 Å². The van der Waals surface area contributed by atoms with Gasteiger partial charge in [0.1, 0.15) is 0 Å². The molecule has 0 radical (unpaired) electrons. The van der Waals surface area contributed by atoms with Gasteiger partial charge >= 0.3 is 7.05 Å². The molecule has 1 aliphatic heterocycles. The predicted molar refractivity (Wildman–Crippen MR) is 43.0 cm³/mol. The summed E-state index contributed by atoms with van der Waals surface area (Å²) in [6.07, 6.45) is 0. The van der Waals surface area contributed by atoms with Gasteiger partial charge in [-0.05, 0) is 13.9 Å². The SMILES string of the molecule is CB(O)N1CCN(C)CC1=O. The number of nitrogens with zero attached hydrogens (tertiary/aromatic N) is 2. The lowest BCUT2D eigenvalue weighted by Gasteiger charge is -2.32. The van der Waals surface area contributed by atoms with Gasteiger partial charge in [-0.3, -0.25) is 9.69 Å². The summed E-state index contributed by atoms with van der Waals surface area (Å²) in [5, 5.41) is 9.12. The lowest BCUT2D eigenvalue weighted by molar-refractivity contribution is -0.130. The molecule has 0 aliphatic carbocycles. The van der Waals surface area contributed by atoms with E-state index in [1.54, 1.807) is 6.82 Å². The highest BCUT2D eigenvalue weighted by atomic mass is 16.2. The third kappa shape index (κ3) is 1.94. The molecule has 1 heterocycles. The number of rotatable bonds is 1. The van der Waals surface area contributed by atoms with Crippen LogP contribution in [0.2, 0.25) is 6.82 Å². The maximum atomic E-state index is 11.2. The molecular formula is C6H13BN2O2. The monoisotopic (exact) mass is 156 g/mol. The van der Waals surface area contributed by atoms with E-state index in [-0.39, 0.29) is 5.91 Å². The van der Waals surface area contributed by atoms with Gasteiger partial charge in [0.2, 0.25) is 5.91 Å². The largest absolute Gasteiger partial charge is 0.432 e. The number of likely N-dealkylation sites (N-methyl/N-ethyl adjacent to an activating group) is 1. The molecule has 1 saturated heterocycles. The smallest absolute Gasteiger partial charge is 0.411 e. The van der Waals surface area contributed by atoms with Crippen LogP contribution >= 0.6 is 0 Å². The second kappa shape index (κ2) is 3.23. The Morgan fingerprint density at radius 2 is 2.18 bits per heavy atom. The van der Waals surface area contributed by atoms with Crippen molar-refractivity contribution in [3.05, 3.63) is 0 Å². The first-order valence-electron chi connectivity index (χ1n) is 3.77. The van der Waals surface area contributed by atoms with Gasteiger partial charge < -0.3 is 9.83 Å². The van der Waals surface area contributed by atoms with E-state index in [4.69, 9.17) is 5.02 Å². The van der Waals surface area contributed by atoms with Crippen LogP contribution in [0.25, 0.3) is 0 Å². The standard InChI is InChI=1S/C6H13BN2O2/c1-7(11)9-4-3-8(2)5-6(9)10/h11H,3-5H2,1-2H3. The van der Waals surface area contributed by atoms with E-state index < -0.39 is 7.05 Å². The maximum absolute atomic E-state index is 11.2. The van der Waals surface area contributed by atoms with E-state index >= 15 is 0 Å². The molecule has 0 saturated carbocycles. The molecule has 0 bridgehead atoms. The van der Waals surface area contributed by atoms with Crippen molar-refractivity contribution >= 4 is 13.0 Å². The fourth-order valence-corrected chi connectivity index (χ4v) is 1.20. The van der Waals surface area contributed by atoms with E-state index in [1.165, 1.54) is 4.81 Å². The topological polar surface area (TPSA) is 43.8 Å². The Morgan fingerprint density at radius 1 is 1.55 bits per heavy atom. The summed E-state index contributed by atoms with van der Waals surface area (Å²) >= 11 is 0. The Morgan fingerprint density at radius 3 is 2.64 bits per heavy atom. The van der Waals surface area contributed by atoms with Crippen LogP contribution in [-0.4, -0.2) is 54.4 Å². The molecule has 1 N–H and O–H groups in total. The Hall–Kier alpha value is -0.545. The van der Waals surface area contributed by atoms with Crippen LogP contribution in [0.5, 0.6) is 0 Å². The van der Waals surface area contributed by atoms with Gasteiger partial charge in [0.15, 0.2) is 0 Å². The second-order valence-corrected chi connectivity index (χ2v) is 2.96. The van der Waals surface area contributed by atoms with Gasteiger partial charge in [-0.1, -0.05) is 0 Å². The summed E-state index contributed by atoms with van der Waals surface area (Å²) < 4.78 is 0. The third-order valence-corrected chi connectivity index (χ3v) is 1.90. The van der Waals surface area contributed by atoms with Gasteiger partial charge in [-0.15, -0.1) is 0 Å². The minimum atomic E-state index is -0.642. The van der Waals surface area contributed by atoms with E-state index in [2.05, 4.69) is 0 Å². The summed E-state index contributed by atoms with van der Waals surface area (Å²) in [6, 6.07) is 0. The molecule has 4 nitrogen and oxygen atoms in total. The summed E-state index contributed by atoms with van der Waals surface area (Å²) in [6.45, 7) is 3.51. The average Bonchev–Trinajstić information content (AvgIpc) is 1.85. The van der Waals surface area contributed by atoms with E-state index in [9.17, 15) is 4.79 Å². The Bertz CT molecular complexity index is 163. The van der Waals surface area contributed by atoms with E-state index in [1.807, 2.05) is 11.9 Å². The molecule has 62 valence electrons. The molecule has 5 heteroatoms. The average molecular weight is 156 g/mol. The Kier molecular flexibility index (Phi) is 2.51. The fraction of sp³-hybridized carbons (Fsp3) is 0.833. The molecule has 1 amide bonds. The maximum Gasteiger partial charge on any atom is 0.411 e. The lowest BCUT2D eigenvalue weighted by atomic mass is 9.84. The first kappa shape index (κ1) is 8.55. The van der Waals surface area contributed by atoms with Crippen molar-refractivity contribution in [1.82, 2.24) is 9.71 Å². The predicted octanol–water partition coefficient (Wildman–Crippen LogP) is -1.13. The molecule has 11 heavy (non-hydrogen) atoms. The highest BCUT2D eigenvalue weighted by Gasteiger charge is 2.26. The molecular weight excluding hydrogens is 143 g/mol. The molecule has 0 aromatic carbocycles. The van der Waals surface area contributed by atoms with E-state index in [0.29, 0.717) is 13.1 Å². The van der Waals surface area contributed by atoms with Gasteiger partial charge in [0.05, 0.1) is 6.54 Å². The minimum absolute atomic E-state index is 0.00810. The molecule has 1 fully saturated rings. The van der Waals surface area contributed by atoms with Crippen LogP contribution < -0.4 is 0 Å². The van der Waals surface area contributed by atoms with Crippen LogP contribution in [0.15, 0.2) is 0 Å². The molecule has 0 spiro atoms. The number of carbonyl (C=O) groups is 1. The fourth-order valence-electron chi connectivity index (χ4n) is 1.20. The Labute approximate surface area is 66.9 Å². The van der Waals surface area contributed by atoms with Crippen molar-refractivity contribution in [1.29, 1.82) is 0 Å².